The number of hydrogen-bond acceptors (Lipinski definition) is 8. The first-order valence-electron chi connectivity index (χ1n) is 12.9. The van der Waals surface area contributed by atoms with Crippen LogP contribution >= 0.6 is 0 Å². The van der Waals surface area contributed by atoms with Gasteiger partial charge in [-0.3, -0.25) is 4.79 Å². The van der Waals surface area contributed by atoms with E-state index in [9.17, 15) is 14.7 Å². The first-order chi connectivity index (χ1) is 17.9. The van der Waals surface area contributed by atoms with Crippen molar-refractivity contribution in [3.05, 3.63) is 71.0 Å². The number of nitrogens with two attached hydrogens (primary N) is 1. The molecule has 2 aromatic carbocycles. The van der Waals surface area contributed by atoms with Crippen molar-refractivity contribution in [1.29, 1.82) is 0 Å². The van der Waals surface area contributed by atoms with Crippen LogP contribution in [0.4, 0.5) is 0 Å². The van der Waals surface area contributed by atoms with Crippen LogP contribution in [0.5, 0.6) is 11.5 Å². The summed E-state index contributed by atoms with van der Waals surface area (Å²) in [7, 11) is 1.59. The van der Waals surface area contributed by atoms with E-state index < -0.39 is 35.2 Å². The van der Waals surface area contributed by atoms with Crippen LogP contribution < -0.4 is 15.2 Å². The van der Waals surface area contributed by atoms with E-state index in [1.807, 2.05) is 12.1 Å². The number of carbonyl (C=O) groups is 2. The normalized spacial score (nSPS) is 29.3. The molecule has 194 valence electrons. The highest BCUT2D eigenvalue weighted by molar-refractivity contribution is 5.82. The summed E-state index contributed by atoms with van der Waals surface area (Å²) in [5, 5.41) is 12.2. The summed E-state index contributed by atoms with van der Waals surface area (Å²) in [4.78, 5) is 25.8. The van der Waals surface area contributed by atoms with Gasteiger partial charge in [-0.2, -0.15) is 0 Å². The summed E-state index contributed by atoms with van der Waals surface area (Å²) in [6.45, 7) is 0.112. The molecule has 0 saturated heterocycles. The molecule has 5 atom stereocenters. The molecule has 1 aliphatic heterocycles. The monoisotopic (exact) mass is 505 g/mol. The zero-order chi connectivity index (χ0) is 25.8. The van der Waals surface area contributed by atoms with Gasteiger partial charge < -0.3 is 29.8 Å². The van der Waals surface area contributed by atoms with Crippen molar-refractivity contribution in [2.45, 2.75) is 61.7 Å². The zero-order valence-electron chi connectivity index (χ0n) is 20.8. The van der Waals surface area contributed by atoms with E-state index in [1.54, 1.807) is 37.5 Å². The molecule has 2 aromatic rings. The topological polar surface area (TPSA) is 117 Å². The van der Waals surface area contributed by atoms with Crippen LogP contribution in [0.15, 0.2) is 54.3 Å². The van der Waals surface area contributed by atoms with Crippen LogP contribution in [-0.2, 0) is 30.9 Å². The van der Waals surface area contributed by atoms with Gasteiger partial charge in [-0.05, 0) is 49.3 Å². The molecule has 37 heavy (non-hydrogen) atoms. The molecule has 3 N–H and O–H groups in total. The zero-order valence-corrected chi connectivity index (χ0v) is 20.8. The van der Waals surface area contributed by atoms with E-state index in [1.165, 1.54) is 0 Å². The molecule has 1 saturated carbocycles. The van der Waals surface area contributed by atoms with E-state index >= 15 is 0 Å². The van der Waals surface area contributed by atoms with Crippen LogP contribution in [0.2, 0.25) is 0 Å². The van der Waals surface area contributed by atoms with E-state index in [0.29, 0.717) is 35.7 Å². The molecule has 6 rings (SSSR count). The number of esters is 2. The number of hydrogen-bond donors (Lipinski definition) is 2. The highest BCUT2D eigenvalue weighted by Crippen LogP contribution is 2.67. The van der Waals surface area contributed by atoms with Gasteiger partial charge >= 0.3 is 11.9 Å². The van der Waals surface area contributed by atoms with Crippen LogP contribution in [-0.4, -0.2) is 42.4 Å². The van der Waals surface area contributed by atoms with Gasteiger partial charge in [0.2, 0.25) is 6.10 Å². The summed E-state index contributed by atoms with van der Waals surface area (Å²) >= 11 is 0. The number of aliphatic hydroxyl groups is 1. The van der Waals surface area contributed by atoms with Gasteiger partial charge in [-0.15, -0.1) is 0 Å². The summed E-state index contributed by atoms with van der Waals surface area (Å²) in [6, 6.07) is 12.7. The number of methoxy groups -OCH3 is 1. The van der Waals surface area contributed by atoms with Crippen LogP contribution in [0.1, 0.15) is 54.9 Å². The largest absolute Gasteiger partial charge is 0.493 e. The lowest BCUT2D eigenvalue weighted by atomic mass is 9.47. The third kappa shape index (κ3) is 3.42. The summed E-state index contributed by atoms with van der Waals surface area (Å²) in [5.41, 5.74) is 6.38. The van der Waals surface area contributed by atoms with Crippen LogP contribution in [0.3, 0.4) is 0 Å². The lowest BCUT2D eigenvalue weighted by molar-refractivity contribution is -0.172. The second-order valence-corrected chi connectivity index (χ2v) is 10.4. The van der Waals surface area contributed by atoms with Crippen molar-refractivity contribution in [3.8, 4) is 11.5 Å². The Labute approximate surface area is 215 Å². The Hall–Kier alpha value is -3.36. The lowest BCUT2D eigenvalue weighted by Crippen LogP contribution is -2.67. The Morgan fingerprint density at radius 1 is 1.22 bits per heavy atom. The molecule has 8 nitrogen and oxygen atoms in total. The third-order valence-corrected chi connectivity index (χ3v) is 8.60. The van der Waals surface area contributed by atoms with Crippen molar-refractivity contribution in [2.75, 3.05) is 13.7 Å². The first kappa shape index (κ1) is 24.0. The standard InChI is InChI=1S/C29H31NO7/c1-34-20-10-9-18-16-19-8-5-13-28-23(18)25(20)37-26(28)21(11-14-29(19,28)33)35-27(32)24(36-22(31)12-15-30)17-6-3-2-4-7-17/h2-4,6-7,9-11,19,24,26,33H,5,8,12-16,30H2,1H3/t19-,24-,26+,28+,29-/m0/s1. The van der Waals surface area contributed by atoms with Crippen LogP contribution in [0.25, 0.3) is 0 Å². The number of ether oxygens (including phenoxy) is 4. The maximum Gasteiger partial charge on any atom is 0.357 e. The fourth-order valence-electron chi connectivity index (χ4n) is 7.04. The van der Waals surface area contributed by atoms with Gasteiger partial charge in [0.05, 0.1) is 24.5 Å². The Morgan fingerprint density at radius 3 is 2.78 bits per heavy atom. The average molecular weight is 506 g/mol. The predicted octanol–water partition coefficient (Wildman–Crippen LogP) is 3.25. The van der Waals surface area contributed by atoms with Crippen LogP contribution in [0, 0.1) is 5.92 Å². The van der Waals surface area contributed by atoms with Crippen molar-refractivity contribution < 1.29 is 33.6 Å². The van der Waals surface area contributed by atoms with Crippen molar-refractivity contribution in [1.82, 2.24) is 0 Å². The number of carbonyl (C=O) groups excluding carboxylic acids is 2. The Balaban J connectivity index is 1.38. The highest BCUT2D eigenvalue weighted by atomic mass is 16.6. The smallest absolute Gasteiger partial charge is 0.357 e. The Morgan fingerprint density at radius 2 is 2.03 bits per heavy atom. The SMILES string of the molecule is COc1ccc2c3c1O[C@@H]1C(OC(=O)[C@@H](OC(=O)CCN)c4ccccc4)=CC[C@]4(O)[C@@H](CCC[C@@]314)C2. The molecule has 0 radical (unpaired) electrons. The molecule has 1 spiro atoms. The van der Waals surface area contributed by atoms with Gasteiger partial charge in [-0.1, -0.05) is 42.8 Å². The van der Waals surface area contributed by atoms with Gasteiger partial charge in [0.15, 0.2) is 17.6 Å². The van der Waals surface area contributed by atoms with Crippen molar-refractivity contribution in [2.24, 2.45) is 11.7 Å². The van der Waals surface area contributed by atoms with Gasteiger partial charge in [0.25, 0.3) is 0 Å². The van der Waals surface area contributed by atoms with Gasteiger partial charge in [0, 0.05) is 17.7 Å². The maximum absolute atomic E-state index is 13.5. The molecule has 0 unspecified atom stereocenters. The average Bonchev–Trinajstić information content (AvgIpc) is 3.24. The maximum atomic E-state index is 13.5. The molecule has 4 aliphatic rings. The van der Waals surface area contributed by atoms with Crippen molar-refractivity contribution >= 4 is 11.9 Å². The molecule has 1 fully saturated rings. The molecule has 8 heteroatoms. The summed E-state index contributed by atoms with van der Waals surface area (Å²) in [5.74, 6) is 0.318. The Kier molecular flexibility index (Phi) is 5.76. The van der Waals surface area contributed by atoms with E-state index in [2.05, 4.69) is 6.07 Å². The predicted molar refractivity (Wildman–Crippen MR) is 133 cm³/mol. The first-order valence-corrected chi connectivity index (χ1v) is 12.9. The molecule has 3 aliphatic carbocycles. The fraction of sp³-hybridized carbons (Fsp3) is 0.448. The molecule has 0 amide bonds. The number of benzene rings is 2. The van der Waals surface area contributed by atoms with E-state index in [0.717, 1.165) is 30.4 Å². The summed E-state index contributed by atoms with van der Waals surface area (Å²) < 4.78 is 23.6. The molecule has 1 heterocycles. The van der Waals surface area contributed by atoms with Gasteiger partial charge in [0.1, 0.15) is 5.76 Å². The quantitative estimate of drug-likeness (QED) is 0.551. The minimum atomic E-state index is -1.25. The number of rotatable bonds is 7. The third-order valence-electron chi connectivity index (χ3n) is 8.60. The fourth-order valence-corrected chi connectivity index (χ4v) is 7.04. The van der Waals surface area contributed by atoms with E-state index in [4.69, 9.17) is 24.7 Å². The molecule has 2 bridgehead atoms. The Bertz CT molecular complexity index is 1270. The molecular formula is C29H31NO7. The second-order valence-electron chi connectivity index (χ2n) is 10.4. The molecular weight excluding hydrogens is 474 g/mol. The summed E-state index contributed by atoms with van der Waals surface area (Å²) in [6.07, 6.45) is 3.51. The highest BCUT2D eigenvalue weighted by Gasteiger charge is 2.71. The molecule has 0 aromatic heterocycles. The van der Waals surface area contributed by atoms with Crippen molar-refractivity contribution in [3.63, 3.8) is 0 Å². The minimum absolute atomic E-state index is 0.0134. The second kappa shape index (κ2) is 8.89. The minimum Gasteiger partial charge on any atom is -0.493 e. The lowest BCUT2D eigenvalue weighted by Gasteiger charge is -2.59. The van der Waals surface area contributed by atoms with Gasteiger partial charge in [-0.25, -0.2) is 4.79 Å². The van der Waals surface area contributed by atoms with E-state index in [-0.39, 0.29) is 18.9 Å².